The third-order valence-electron chi connectivity index (χ3n) is 11.9. The number of aromatic nitrogens is 2. The molecular weight excluding hydrogens is 546 g/mol. The van der Waals surface area contributed by atoms with E-state index in [1.165, 1.54) is 0 Å². The van der Waals surface area contributed by atoms with E-state index in [9.17, 15) is 19.6 Å². The van der Waals surface area contributed by atoms with Crippen molar-refractivity contribution in [1.82, 2.24) is 9.55 Å². The van der Waals surface area contributed by atoms with E-state index in [1.54, 1.807) is 17.6 Å². The number of allylic oxidation sites excluding steroid dienone is 4. The smallest absolute Gasteiger partial charge is 0.237 e. The molecule has 242 valence electrons. The minimum absolute atomic E-state index is 0.0236. The van der Waals surface area contributed by atoms with Crippen LogP contribution in [0, 0.1) is 64.1 Å². The van der Waals surface area contributed by atoms with Gasteiger partial charge >= 0.3 is 0 Å². The van der Waals surface area contributed by atoms with E-state index in [0.29, 0.717) is 6.42 Å². The molecule has 3 rings (SSSR count). The molecule has 0 unspecified atom stereocenters. The highest BCUT2D eigenvalue weighted by molar-refractivity contribution is 6.02. The second-order valence-electron chi connectivity index (χ2n) is 16.2. The maximum atomic E-state index is 14.3. The molecule has 2 aliphatic rings. The van der Waals surface area contributed by atoms with Crippen LogP contribution in [0.5, 0.6) is 0 Å². The third kappa shape index (κ3) is 6.58. The zero-order valence-electron chi connectivity index (χ0n) is 29.6. The molecule has 0 bridgehead atoms. The maximum Gasteiger partial charge on any atom is 0.237 e. The van der Waals surface area contributed by atoms with Gasteiger partial charge < -0.3 is 0 Å². The van der Waals surface area contributed by atoms with Gasteiger partial charge in [0, 0.05) is 22.9 Å². The molecule has 0 amide bonds. The fourth-order valence-electron chi connectivity index (χ4n) is 8.47. The van der Waals surface area contributed by atoms with Crippen LogP contribution in [0.3, 0.4) is 0 Å². The van der Waals surface area contributed by atoms with Crippen LogP contribution in [0.2, 0.25) is 0 Å². The first-order chi connectivity index (χ1) is 20.2. The highest BCUT2D eigenvalue weighted by Gasteiger charge is 2.58. The van der Waals surface area contributed by atoms with E-state index in [-0.39, 0.29) is 51.1 Å². The second-order valence-corrected chi connectivity index (χ2v) is 16.2. The number of nitrogens with zero attached hydrogens (tertiary/aromatic N) is 3. The van der Waals surface area contributed by atoms with Crippen LogP contribution in [0.4, 0.5) is 0 Å². The summed E-state index contributed by atoms with van der Waals surface area (Å²) in [6.07, 6.45) is 12.6. The molecule has 2 aliphatic carbocycles. The monoisotopic (exact) mass is 603 g/mol. The van der Waals surface area contributed by atoms with E-state index in [2.05, 4.69) is 66.4 Å². The van der Waals surface area contributed by atoms with Gasteiger partial charge in [0.25, 0.3) is 0 Å². The number of fused-ring (bicyclic) bond motifs is 1. The van der Waals surface area contributed by atoms with E-state index >= 15 is 0 Å². The van der Waals surface area contributed by atoms with Gasteiger partial charge in [0.05, 0.1) is 11.3 Å². The molecule has 6 heteroatoms. The lowest BCUT2D eigenvalue weighted by Crippen LogP contribution is -2.53. The Morgan fingerprint density at radius 1 is 1.09 bits per heavy atom. The summed E-state index contributed by atoms with van der Waals surface area (Å²) in [5, 5.41) is 9.86. The summed E-state index contributed by atoms with van der Waals surface area (Å²) in [7, 11) is 0. The van der Waals surface area contributed by atoms with Crippen molar-refractivity contribution in [3.8, 4) is 6.07 Å². The minimum Gasteiger partial charge on any atom is -0.295 e. The van der Waals surface area contributed by atoms with Gasteiger partial charge in [-0.15, -0.1) is 0 Å². The van der Waals surface area contributed by atoms with Crippen molar-refractivity contribution in [2.24, 2.45) is 38.9 Å². The molecule has 5 atom stereocenters. The van der Waals surface area contributed by atoms with Crippen LogP contribution in [-0.4, -0.2) is 27.0 Å². The van der Waals surface area contributed by atoms with Crippen LogP contribution in [0.1, 0.15) is 137 Å². The molecule has 0 N–H and O–H groups in total. The molecule has 0 aromatic carbocycles. The van der Waals surface area contributed by atoms with Gasteiger partial charge in [0.2, 0.25) is 5.91 Å². The molecule has 1 heterocycles. The molecule has 0 spiro atoms. The zero-order valence-corrected chi connectivity index (χ0v) is 29.6. The fourth-order valence-corrected chi connectivity index (χ4v) is 8.47. The van der Waals surface area contributed by atoms with Gasteiger partial charge in [-0.2, -0.15) is 5.26 Å². The summed E-state index contributed by atoms with van der Waals surface area (Å²) in [5.74, 6) is 0.449. The number of nitriles is 1. The van der Waals surface area contributed by atoms with E-state index in [1.807, 2.05) is 33.0 Å². The van der Waals surface area contributed by atoms with Gasteiger partial charge in [0.1, 0.15) is 11.9 Å². The molecule has 6 nitrogen and oxygen atoms in total. The molecule has 0 aliphatic heterocycles. The number of aryl methyl sites for hydroxylation is 2. The minimum atomic E-state index is -0.595. The SMILES string of the molecule is CCCC(C)(C)CC[C@@](C)(CCC(C)(C)[C@]1(C)CC[C@H]2[C@H](C)C(=O)C(C#N)=C[C@]2(C)/C1=C/C(C)=O)C(=O)n1cc(C)nc1C. The maximum absolute atomic E-state index is 14.3. The van der Waals surface area contributed by atoms with Gasteiger partial charge in [-0.1, -0.05) is 80.4 Å². The lowest BCUT2D eigenvalue weighted by Gasteiger charge is -2.59. The fraction of sp³-hybridized carbons (Fsp3) is 0.711. The van der Waals surface area contributed by atoms with E-state index < -0.39 is 10.8 Å². The number of carbonyl (C=O) groups is 3. The molecular formula is C38H57N3O3. The predicted molar refractivity (Wildman–Crippen MR) is 177 cm³/mol. The summed E-state index contributed by atoms with van der Waals surface area (Å²) < 4.78 is 1.75. The number of hydrogen-bond donors (Lipinski definition) is 0. The zero-order chi connectivity index (χ0) is 33.5. The summed E-state index contributed by atoms with van der Waals surface area (Å²) in [6.45, 7) is 25.2. The van der Waals surface area contributed by atoms with Crippen LogP contribution in [0.15, 0.2) is 29.5 Å². The number of hydrogen-bond acceptors (Lipinski definition) is 5. The topological polar surface area (TPSA) is 92.8 Å². The normalized spacial score (nSPS) is 28.2. The van der Waals surface area contributed by atoms with Gasteiger partial charge in [0.15, 0.2) is 11.6 Å². The van der Waals surface area contributed by atoms with E-state index in [0.717, 1.165) is 62.0 Å². The standard InChI is InChI=1S/C38H57N3O3/c1-13-15-34(6,7)17-19-36(10,33(44)41-24-25(2)40-28(41)5)20-18-35(8,9)38(12)16-14-30-27(4)32(43)29(23-39)22-37(30,11)31(38)21-26(3)42/h21-22,24,27,30H,13-20H2,1-12H3/b31-21-/t27-,30-,36-,37-,38+/m0/s1. The first-order valence-electron chi connectivity index (χ1n) is 16.7. The van der Waals surface area contributed by atoms with Gasteiger partial charge in [-0.25, -0.2) is 4.98 Å². The Labute approximate surface area is 266 Å². The predicted octanol–water partition coefficient (Wildman–Crippen LogP) is 9.17. The molecule has 0 radical (unpaired) electrons. The van der Waals surface area contributed by atoms with Crippen molar-refractivity contribution in [2.75, 3.05) is 0 Å². The Balaban J connectivity index is 2.06. The summed E-state index contributed by atoms with van der Waals surface area (Å²) in [5.41, 5.74) is 0.358. The van der Waals surface area contributed by atoms with Crippen molar-refractivity contribution >= 4 is 17.5 Å². The Hall–Kier alpha value is -2.81. The largest absolute Gasteiger partial charge is 0.295 e. The lowest BCUT2D eigenvalue weighted by molar-refractivity contribution is -0.123. The average molecular weight is 604 g/mol. The Morgan fingerprint density at radius 2 is 1.70 bits per heavy atom. The summed E-state index contributed by atoms with van der Waals surface area (Å²) in [6, 6.07) is 2.15. The van der Waals surface area contributed by atoms with Crippen molar-refractivity contribution in [3.63, 3.8) is 0 Å². The quantitative estimate of drug-likeness (QED) is 0.235. The highest BCUT2D eigenvalue weighted by Crippen LogP contribution is 2.65. The number of Topliss-reactive ketones (excluding diaryl/α,β-unsaturated/α-hetero) is 1. The van der Waals surface area contributed by atoms with Crippen molar-refractivity contribution in [2.45, 2.75) is 134 Å². The van der Waals surface area contributed by atoms with Crippen LogP contribution >= 0.6 is 0 Å². The number of rotatable bonds is 11. The first kappa shape index (κ1) is 35.7. The highest BCUT2D eigenvalue weighted by atomic mass is 16.2. The Bertz CT molecular complexity index is 1400. The molecule has 1 saturated carbocycles. The number of ketones is 2. The number of imidazole rings is 1. The van der Waals surface area contributed by atoms with Gasteiger partial charge in [-0.05, 0) is 94.0 Å². The molecule has 1 fully saturated rings. The number of carbonyl (C=O) groups excluding carboxylic acids is 3. The summed E-state index contributed by atoms with van der Waals surface area (Å²) >= 11 is 0. The first-order valence-corrected chi connectivity index (χ1v) is 16.7. The van der Waals surface area contributed by atoms with Gasteiger partial charge in [-0.3, -0.25) is 19.0 Å². The Kier molecular flexibility index (Phi) is 10.2. The van der Waals surface area contributed by atoms with Crippen LogP contribution < -0.4 is 0 Å². The second kappa shape index (κ2) is 12.5. The van der Waals surface area contributed by atoms with Crippen molar-refractivity contribution in [1.29, 1.82) is 5.26 Å². The van der Waals surface area contributed by atoms with E-state index in [4.69, 9.17) is 0 Å². The third-order valence-corrected chi connectivity index (χ3v) is 11.9. The molecule has 44 heavy (non-hydrogen) atoms. The lowest BCUT2D eigenvalue weighted by atomic mass is 9.44. The van der Waals surface area contributed by atoms with Crippen LogP contribution in [-0.2, 0) is 9.59 Å². The van der Waals surface area contributed by atoms with Crippen molar-refractivity contribution < 1.29 is 14.4 Å². The van der Waals surface area contributed by atoms with Crippen molar-refractivity contribution in [3.05, 3.63) is 41.0 Å². The Morgan fingerprint density at radius 3 is 2.23 bits per heavy atom. The molecule has 1 aromatic rings. The summed E-state index contributed by atoms with van der Waals surface area (Å²) in [4.78, 5) is 44.7. The van der Waals surface area contributed by atoms with Crippen LogP contribution in [0.25, 0.3) is 0 Å². The average Bonchev–Trinajstić information content (AvgIpc) is 3.27. The molecule has 0 saturated heterocycles. The molecule has 1 aromatic heterocycles.